The number of nitrogens with one attached hydrogen (secondary N) is 1. The quantitative estimate of drug-likeness (QED) is 0.876. The van der Waals surface area contributed by atoms with Crippen molar-refractivity contribution in [1.82, 2.24) is 4.72 Å². The van der Waals surface area contributed by atoms with Crippen LogP contribution in [-0.2, 0) is 10.0 Å². The van der Waals surface area contributed by atoms with Crippen molar-refractivity contribution in [2.75, 3.05) is 0 Å². The average molecular weight is 352 g/mol. The highest BCUT2D eigenvalue weighted by atomic mass is 79.9. The van der Waals surface area contributed by atoms with Gasteiger partial charge in [0.2, 0.25) is 10.0 Å². The Balaban J connectivity index is 2.16. The fourth-order valence-electron chi connectivity index (χ4n) is 2.16. The monoisotopic (exact) mass is 351 g/mol. The van der Waals surface area contributed by atoms with E-state index in [1.165, 1.54) is 12.1 Å². The first-order valence-corrected chi connectivity index (χ1v) is 8.31. The van der Waals surface area contributed by atoms with Crippen LogP contribution in [0.2, 0.25) is 0 Å². The molecule has 4 nitrogen and oxygen atoms in total. The molecule has 0 saturated heterocycles. The van der Waals surface area contributed by atoms with Gasteiger partial charge >= 0.3 is 0 Å². The molecule has 0 bridgehead atoms. The summed E-state index contributed by atoms with van der Waals surface area (Å²) in [6.07, 6.45) is 1.90. The topological polar surface area (TPSA) is 66.4 Å². The summed E-state index contributed by atoms with van der Waals surface area (Å²) in [5.74, 6) is -0.772. The third-order valence-corrected chi connectivity index (χ3v) is 5.23. The molecule has 0 aromatic heterocycles. The van der Waals surface area contributed by atoms with Gasteiger partial charge in [-0.15, -0.1) is 0 Å². The Hall–Kier alpha value is -0.500. The van der Waals surface area contributed by atoms with E-state index in [-0.39, 0.29) is 17.0 Å². The highest BCUT2D eigenvalue weighted by molar-refractivity contribution is 9.10. The number of hydrogen-bond donors (Lipinski definition) is 2. The van der Waals surface area contributed by atoms with E-state index < -0.39 is 15.8 Å². The van der Waals surface area contributed by atoms with Crippen LogP contribution in [0.5, 0.6) is 0 Å². The van der Waals surface area contributed by atoms with E-state index in [1.54, 1.807) is 0 Å². The first-order valence-electron chi connectivity index (χ1n) is 6.04. The molecule has 1 aliphatic carbocycles. The summed E-state index contributed by atoms with van der Waals surface area (Å²) in [5.41, 5.74) is 0. The average Bonchev–Trinajstić information content (AvgIpc) is 2.35. The SMILES string of the molecule is O=S(=O)(NC1CCC(O)CC1)c1cc(Br)ccc1F. The van der Waals surface area contributed by atoms with Crippen molar-refractivity contribution in [3.63, 3.8) is 0 Å². The van der Waals surface area contributed by atoms with Crippen molar-refractivity contribution in [2.24, 2.45) is 0 Å². The molecule has 1 aromatic carbocycles. The number of aliphatic hydroxyl groups excluding tert-OH is 1. The Morgan fingerprint density at radius 2 is 1.89 bits per heavy atom. The number of halogens is 2. The van der Waals surface area contributed by atoms with Crippen molar-refractivity contribution in [3.05, 3.63) is 28.5 Å². The Morgan fingerprint density at radius 3 is 2.53 bits per heavy atom. The molecule has 0 amide bonds. The highest BCUT2D eigenvalue weighted by Gasteiger charge is 2.26. The van der Waals surface area contributed by atoms with Crippen LogP contribution in [-0.4, -0.2) is 25.7 Å². The van der Waals surface area contributed by atoms with Crippen molar-refractivity contribution in [3.8, 4) is 0 Å². The van der Waals surface area contributed by atoms with Crippen LogP contribution in [0.25, 0.3) is 0 Å². The zero-order chi connectivity index (χ0) is 14.0. The van der Waals surface area contributed by atoms with Gasteiger partial charge in [-0.05, 0) is 43.9 Å². The van der Waals surface area contributed by atoms with Crippen LogP contribution in [0.4, 0.5) is 4.39 Å². The molecule has 1 fully saturated rings. The molecule has 0 heterocycles. The molecular weight excluding hydrogens is 337 g/mol. The second-order valence-electron chi connectivity index (χ2n) is 4.70. The minimum Gasteiger partial charge on any atom is -0.393 e. The lowest BCUT2D eigenvalue weighted by Gasteiger charge is -2.26. The van der Waals surface area contributed by atoms with E-state index in [2.05, 4.69) is 20.7 Å². The largest absolute Gasteiger partial charge is 0.393 e. The summed E-state index contributed by atoms with van der Waals surface area (Å²) in [4.78, 5) is -0.354. The molecule has 7 heteroatoms. The molecule has 19 heavy (non-hydrogen) atoms. The summed E-state index contributed by atoms with van der Waals surface area (Å²) >= 11 is 3.13. The summed E-state index contributed by atoms with van der Waals surface area (Å²) in [6.45, 7) is 0. The predicted molar refractivity (Wildman–Crippen MR) is 72.7 cm³/mol. The maximum Gasteiger partial charge on any atom is 0.243 e. The number of aliphatic hydroxyl groups is 1. The molecule has 1 saturated carbocycles. The molecule has 2 N–H and O–H groups in total. The number of rotatable bonds is 3. The standard InChI is InChI=1S/C12H15BrFNO3S/c13-8-1-6-11(14)12(7-8)19(17,18)15-9-2-4-10(16)5-3-9/h1,6-7,9-10,15-16H,2-5H2. The first-order chi connectivity index (χ1) is 8.88. The van der Waals surface area contributed by atoms with E-state index in [1.807, 2.05) is 0 Å². The molecule has 1 aliphatic rings. The smallest absolute Gasteiger partial charge is 0.243 e. The fraction of sp³-hybridized carbons (Fsp3) is 0.500. The van der Waals surface area contributed by atoms with Gasteiger partial charge < -0.3 is 5.11 Å². The molecular formula is C12H15BrFNO3S. The van der Waals surface area contributed by atoms with E-state index >= 15 is 0 Å². The van der Waals surface area contributed by atoms with Crippen LogP contribution in [0.15, 0.2) is 27.6 Å². The van der Waals surface area contributed by atoms with E-state index in [0.29, 0.717) is 30.2 Å². The summed E-state index contributed by atoms with van der Waals surface area (Å²) < 4.78 is 40.9. The minimum atomic E-state index is -3.87. The van der Waals surface area contributed by atoms with Gasteiger partial charge in [-0.2, -0.15) is 0 Å². The van der Waals surface area contributed by atoms with Crippen LogP contribution >= 0.6 is 15.9 Å². The lowest BCUT2D eigenvalue weighted by atomic mass is 9.94. The molecule has 0 radical (unpaired) electrons. The van der Waals surface area contributed by atoms with Gasteiger partial charge in [0.1, 0.15) is 10.7 Å². The normalized spacial score (nSPS) is 24.4. The Labute approximate surface area is 120 Å². The highest BCUT2D eigenvalue weighted by Crippen LogP contribution is 2.23. The van der Waals surface area contributed by atoms with Gasteiger partial charge in [-0.25, -0.2) is 17.5 Å². The van der Waals surface area contributed by atoms with E-state index in [9.17, 15) is 17.9 Å². The van der Waals surface area contributed by atoms with Gasteiger partial charge in [0.15, 0.2) is 0 Å². The predicted octanol–water partition coefficient (Wildman–Crippen LogP) is 2.17. The number of hydrogen-bond acceptors (Lipinski definition) is 3. The third kappa shape index (κ3) is 3.75. The van der Waals surface area contributed by atoms with Gasteiger partial charge in [0.25, 0.3) is 0 Å². The van der Waals surface area contributed by atoms with Crippen LogP contribution in [0.1, 0.15) is 25.7 Å². The van der Waals surface area contributed by atoms with Crippen molar-refractivity contribution in [2.45, 2.75) is 42.7 Å². The summed E-state index contributed by atoms with van der Waals surface area (Å²) in [7, 11) is -3.87. The molecule has 1 aromatic rings. The Bertz CT molecular complexity index is 556. The van der Waals surface area contributed by atoms with Crippen LogP contribution in [0.3, 0.4) is 0 Å². The summed E-state index contributed by atoms with van der Waals surface area (Å²) in [6, 6.07) is 3.57. The molecule has 106 valence electrons. The van der Waals surface area contributed by atoms with Crippen LogP contribution < -0.4 is 4.72 Å². The zero-order valence-corrected chi connectivity index (χ0v) is 12.5. The molecule has 0 unspecified atom stereocenters. The van der Waals surface area contributed by atoms with Gasteiger partial charge in [-0.3, -0.25) is 0 Å². The molecule has 2 rings (SSSR count). The van der Waals surface area contributed by atoms with E-state index in [4.69, 9.17) is 0 Å². The molecule has 0 spiro atoms. The number of benzene rings is 1. The van der Waals surface area contributed by atoms with E-state index in [0.717, 1.165) is 6.07 Å². The minimum absolute atomic E-state index is 0.244. The Morgan fingerprint density at radius 1 is 1.26 bits per heavy atom. The first kappa shape index (κ1) is 14.9. The fourth-order valence-corrected chi connectivity index (χ4v) is 4.08. The van der Waals surface area contributed by atoms with Crippen molar-refractivity contribution in [1.29, 1.82) is 0 Å². The van der Waals surface area contributed by atoms with Gasteiger partial charge in [0.05, 0.1) is 6.10 Å². The molecule has 0 atom stereocenters. The third-order valence-electron chi connectivity index (χ3n) is 3.20. The summed E-state index contributed by atoms with van der Waals surface area (Å²) in [5, 5.41) is 9.38. The van der Waals surface area contributed by atoms with Gasteiger partial charge in [0, 0.05) is 10.5 Å². The lowest BCUT2D eigenvalue weighted by Crippen LogP contribution is -2.38. The second kappa shape index (κ2) is 5.87. The number of sulfonamides is 1. The van der Waals surface area contributed by atoms with Crippen molar-refractivity contribution < 1.29 is 17.9 Å². The maximum absolute atomic E-state index is 13.6. The van der Waals surface area contributed by atoms with Gasteiger partial charge in [-0.1, -0.05) is 15.9 Å². The van der Waals surface area contributed by atoms with Crippen LogP contribution in [0, 0.1) is 5.82 Å². The zero-order valence-electron chi connectivity index (χ0n) is 10.1. The molecule has 0 aliphatic heterocycles. The maximum atomic E-state index is 13.6. The lowest BCUT2D eigenvalue weighted by molar-refractivity contribution is 0.120. The van der Waals surface area contributed by atoms with Crippen molar-refractivity contribution >= 4 is 26.0 Å². The second-order valence-corrected chi connectivity index (χ2v) is 7.30. The Kier molecular flexibility index (Phi) is 4.60.